The fourth-order valence-electron chi connectivity index (χ4n) is 4.15. The zero-order chi connectivity index (χ0) is 27.9. The molecule has 40 heavy (non-hydrogen) atoms. The summed E-state index contributed by atoms with van der Waals surface area (Å²) in [5.74, 6) is 0.136. The monoisotopic (exact) mass is 546 g/mol. The molecule has 1 aromatic carbocycles. The van der Waals surface area contributed by atoms with Gasteiger partial charge in [0.25, 0.3) is 0 Å². The van der Waals surface area contributed by atoms with Crippen LogP contribution in [0.4, 0.5) is 16.0 Å². The standard InChI is InChI=1S/C28H31FN8O3/c1-37(2)13-12-32-28-31-11-9-22(34-28)26-25(18-5-7-20(29)8-6-18)35-23(36-26)14-24-39-16-19(17-40-24)27(38)33-21-4-3-10-30-15-21/h3-11,15,19,24H,12-14,16-17H2,1-2H3,(H,33,38)(H,35,36)(H,31,32,34). The van der Waals surface area contributed by atoms with Crippen molar-refractivity contribution in [3.05, 3.63) is 72.7 Å². The number of H-pyrrole nitrogens is 1. The van der Waals surface area contributed by atoms with Crippen LogP contribution in [0, 0.1) is 11.7 Å². The van der Waals surface area contributed by atoms with E-state index < -0.39 is 12.2 Å². The van der Waals surface area contributed by atoms with E-state index in [0.29, 0.717) is 47.5 Å². The van der Waals surface area contributed by atoms with E-state index in [1.807, 2.05) is 14.1 Å². The van der Waals surface area contributed by atoms with Gasteiger partial charge in [-0.05, 0) is 56.6 Å². The summed E-state index contributed by atoms with van der Waals surface area (Å²) < 4.78 is 25.4. The number of nitrogens with one attached hydrogen (secondary N) is 3. The van der Waals surface area contributed by atoms with Gasteiger partial charge in [-0.3, -0.25) is 9.78 Å². The number of anilines is 2. The minimum Gasteiger partial charge on any atom is -0.353 e. The Kier molecular flexibility index (Phi) is 8.69. The van der Waals surface area contributed by atoms with Crippen molar-refractivity contribution < 1.29 is 18.7 Å². The highest BCUT2D eigenvalue weighted by Crippen LogP contribution is 2.30. The van der Waals surface area contributed by atoms with Crippen LogP contribution in [-0.2, 0) is 20.7 Å². The van der Waals surface area contributed by atoms with Gasteiger partial charge in [-0.2, -0.15) is 0 Å². The third-order valence-corrected chi connectivity index (χ3v) is 6.25. The molecule has 0 atom stereocenters. The molecule has 0 saturated carbocycles. The Labute approximate surface area is 231 Å². The molecule has 0 spiro atoms. The van der Waals surface area contributed by atoms with Gasteiger partial charge in [-0.15, -0.1) is 0 Å². The number of aromatic amines is 1. The molecule has 0 bridgehead atoms. The van der Waals surface area contributed by atoms with Crippen molar-refractivity contribution in [3.63, 3.8) is 0 Å². The maximum absolute atomic E-state index is 13.7. The molecule has 1 amide bonds. The van der Waals surface area contributed by atoms with Gasteiger partial charge in [-0.1, -0.05) is 0 Å². The summed E-state index contributed by atoms with van der Waals surface area (Å²) in [7, 11) is 3.99. The number of likely N-dealkylation sites (N-methyl/N-ethyl adjacent to an activating group) is 1. The van der Waals surface area contributed by atoms with Crippen LogP contribution < -0.4 is 10.6 Å². The van der Waals surface area contributed by atoms with Crippen molar-refractivity contribution in [2.24, 2.45) is 5.92 Å². The number of hydrogen-bond acceptors (Lipinski definition) is 9. The summed E-state index contributed by atoms with van der Waals surface area (Å²) in [5.41, 5.74) is 3.28. The van der Waals surface area contributed by atoms with Gasteiger partial charge in [-0.25, -0.2) is 19.3 Å². The molecular weight excluding hydrogens is 515 g/mol. The Bertz CT molecular complexity index is 1410. The number of ether oxygens (including phenoxy) is 2. The maximum Gasteiger partial charge on any atom is 0.232 e. The Morgan fingerprint density at radius 1 is 1.10 bits per heavy atom. The maximum atomic E-state index is 13.7. The second-order valence-corrected chi connectivity index (χ2v) is 9.64. The van der Waals surface area contributed by atoms with E-state index in [2.05, 4.69) is 35.5 Å². The molecule has 208 valence electrons. The van der Waals surface area contributed by atoms with E-state index in [1.54, 1.807) is 48.9 Å². The van der Waals surface area contributed by atoms with E-state index in [9.17, 15) is 9.18 Å². The number of amides is 1. The quantitative estimate of drug-likeness (QED) is 0.274. The number of benzene rings is 1. The minimum absolute atomic E-state index is 0.191. The van der Waals surface area contributed by atoms with Gasteiger partial charge >= 0.3 is 0 Å². The molecule has 0 aliphatic carbocycles. The van der Waals surface area contributed by atoms with E-state index >= 15 is 0 Å². The predicted molar refractivity (Wildman–Crippen MR) is 148 cm³/mol. The van der Waals surface area contributed by atoms with Crippen molar-refractivity contribution >= 4 is 17.5 Å². The molecule has 0 unspecified atom stereocenters. The van der Waals surface area contributed by atoms with Crippen LogP contribution >= 0.6 is 0 Å². The molecule has 1 saturated heterocycles. The Balaban J connectivity index is 1.30. The Morgan fingerprint density at radius 3 is 2.62 bits per heavy atom. The van der Waals surface area contributed by atoms with Gasteiger partial charge in [0, 0.05) is 31.0 Å². The van der Waals surface area contributed by atoms with Gasteiger partial charge in [0.05, 0.1) is 54.5 Å². The molecule has 3 N–H and O–H groups in total. The second kappa shape index (κ2) is 12.7. The van der Waals surface area contributed by atoms with Crippen LogP contribution in [-0.4, -0.2) is 82.4 Å². The lowest BCUT2D eigenvalue weighted by molar-refractivity contribution is -0.199. The molecule has 0 radical (unpaired) electrons. The Morgan fingerprint density at radius 2 is 1.90 bits per heavy atom. The van der Waals surface area contributed by atoms with Crippen LogP contribution in [0.3, 0.4) is 0 Å². The highest BCUT2D eigenvalue weighted by molar-refractivity contribution is 5.92. The first-order valence-electron chi connectivity index (χ1n) is 13.0. The second-order valence-electron chi connectivity index (χ2n) is 9.64. The predicted octanol–water partition coefficient (Wildman–Crippen LogP) is 3.21. The molecular formula is C28H31FN8O3. The molecule has 3 aromatic heterocycles. The van der Waals surface area contributed by atoms with Gasteiger partial charge in [0.1, 0.15) is 11.6 Å². The van der Waals surface area contributed by atoms with Gasteiger partial charge in [0.2, 0.25) is 11.9 Å². The molecule has 1 fully saturated rings. The Hall–Kier alpha value is -4.26. The summed E-state index contributed by atoms with van der Waals surface area (Å²) in [6.45, 7) is 1.94. The number of carbonyl (C=O) groups excluding carboxylic acids is 1. The molecule has 11 nitrogen and oxygen atoms in total. The largest absolute Gasteiger partial charge is 0.353 e. The van der Waals surface area contributed by atoms with E-state index in [-0.39, 0.29) is 24.9 Å². The van der Waals surface area contributed by atoms with Crippen LogP contribution in [0.15, 0.2) is 61.1 Å². The summed E-state index contributed by atoms with van der Waals surface area (Å²) in [6.07, 6.45) is 4.64. The number of nitrogens with zero attached hydrogens (tertiary/aromatic N) is 5. The zero-order valence-corrected chi connectivity index (χ0v) is 22.3. The first-order chi connectivity index (χ1) is 19.4. The van der Waals surface area contributed by atoms with Gasteiger partial charge < -0.3 is 30.0 Å². The summed E-state index contributed by atoms with van der Waals surface area (Å²) in [5, 5.41) is 6.05. The number of aromatic nitrogens is 5. The van der Waals surface area contributed by atoms with Crippen molar-refractivity contribution in [1.29, 1.82) is 0 Å². The first kappa shape index (κ1) is 27.3. The van der Waals surface area contributed by atoms with E-state index in [4.69, 9.17) is 14.5 Å². The number of halogens is 1. The van der Waals surface area contributed by atoms with E-state index in [0.717, 1.165) is 12.1 Å². The number of imidazole rings is 1. The average Bonchev–Trinajstić information content (AvgIpc) is 3.38. The van der Waals surface area contributed by atoms with Crippen LogP contribution in [0.1, 0.15) is 5.82 Å². The molecule has 12 heteroatoms. The van der Waals surface area contributed by atoms with Crippen molar-refractivity contribution in [2.75, 3.05) is 51.0 Å². The third kappa shape index (κ3) is 7.03. The lowest BCUT2D eigenvalue weighted by Gasteiger charge is -2.28. The number of pyridine rings is 1. The van der Waals surface area contributed by atoms with Crippen molar-refractivity contribution in [3.8, 4) is 22.6 Å². The lowest BCUT2D eigenvalue weighted by Crippen LogP contribution is -2.39. The van der Waals surface area contributed by atoms with Crippen LogP contribution in [0.2, 0.25) is 0 Å². The molecule has 4 heterocycles. The normalized spacial score (nSPS) is 17.1. The topological polar surface area (TPSA) is 130 Å². The highest BCUT2D eigenvalue weighted by atomic mass is 19.1. The molecule has 4 aromatic rings. The zero-order valence-electron chi connectivity index (χ0n) is 22.3. The SMILES string of the molecule is CN(C)CCNc1nccc(-c2[nH]c(CC3OCC(C(=O)Nc4cccnc4)CO3)nc2-c2ccc(F)cc2)n1. The average molecular weight is 547 g/mol. The number of carbonyl (C=O) groups is 1. The van der Waals surface area contributed by atoms with Crippen molar-refractivity contribution in [1.82, 2.24) is 29.8 Å². The van der Waals surface area contributed by atoms with E-state index in [1.165, 1.54) is 12.1 Å². The number of rotatable bonds is 10. The van der Waals surface area contributed by atoms with Crippen LogP contribution in [0.5, 0.6) is 0 Å². The molecule has 1 aliphatic heterocycles. The third-order valence-electron chi connectivity index (χ3n) is 6.25. The molecule has 5 rings (SSSR count). The smallest absolute Gasteiger partial charge is 0.232 e. The highest BCUT2D eigenvalue weighted by Gasteiger charge is 2.29. The summed E-state index contributed by atoms with van der Waals surface area (Å²) in [4.78, 5) is 35.8. The van der Waals surface area contributed by atoms with Gasteiger partial charge in [0.15, 0.2) is 6.29 Å². The lowest BCUT2D eigenvalue weighted by atomic mass is 10.1. The fourth-order valence-corrected chi connectivity index (χ4v) is 4.15. The van der Waals surface area contributed by atoms with Crippen LogP contribution in [0.25, 0.3) is 22.6 Å². The first-order valence-corrected chi connectivity index (χ1v) is 13.0. The number of hydrogen-bond donors (Lipinski definition) is 3. The van der Waals surface area contributed by atoms with Crippen molar-refractivity contribution in [2.45, 2.75) is 12.7 Å². The fraction of sp³-hybridized carbons (Fsp3) is 0.321. The summed E-state index contributed by atoms with van der Waals surface area (Å²) >= 11 is 0. The minimum atomic E-state index is -0.587. The molecule has 1 aliphatic rings. The summed E-state index contributed by atoms with van der Waals surface area (Å²) in [6, 6.07) is 11.5.